The molecule has 2 aliphatic carbocycles. The molecule has 4 aromatic carbocycles. The quantitative estimate of drug-likeness (QED) is 0.169. The number of allylic oxidation sites excluding steroid dienone is 4. The molecule has 2 aliphatic heterocycles. The predicted octanol–water partition coefficient (Wildman–Crippen LogP) is 9.58. The maximum absolute atomic E-state index is 5.09. The number of pyridine rings is 1. The summed E-state index contributed by atoms with van der Waals surface area (Å²) in [5.41, 5.74) is 13.2. The number of benzene rings is 4. The van der Waals surface area contributed by atoms with Crippen molar-refractivity contribution in [3.05, 3.63) is 186 Å². The summed E-state index contributed by atoms with van der Waals surface area (Å²) < 4.78 is 0. The van der Waals surface area contributed by atoms with Gasteiger partial charge in [0.05, 0.1) is 11.1 Å². The minimum Gasteiger partial charge on any atom is -0.510 e. The Morgan fingerprint density at radius 2 is 1.50 bits per heavy atom. The predicted molar refractivity (Wildman–Crippen MR) is 190 cm³/mol. The zero-order valence-electron chi connectivity index (χ0n) is 27.2. The van der Waals surface area contributed by atoms with Gasteiger partial charge < -0.3 is 14.7 Å². The second-order valence-electron chi connectivity index (χ2n) is 13.3. The van der Waals surface area contributed by atoms with Gasteiger partial charge in [0, 0.05) is 32.9 Å². The Labute approximate surface area is 298 Å². The van der Waals surface area contributed by atoms with Crippen LogP contribution in [0.3, 0.4) is 0 Å². The van der Waals surface area contributed by atoms with Crippen molar-refractivity contribution in [2.75, 3.05) is 16.8 Å². The third kappa shape index (κ3) is 4.35. The van der Waals surface area contributed by atoms with E-state index in [9.17, 15) is 0 Å². The van der Waals surface area contributed by atoms with Gasteiger partial charge >= 0.3 is 0 Å². The second-order valence-corrected chi connectivity index (χ2v) is 13.3. The molecule has 0 N–H and O–H groups in total. The molecule has 1 aromatic heterocycles. The summed E-state index contributed by atoms with van der Waals surface area (Å²) >= 11 is 0. The average Bonchev–Trinajstić information content (AvgIpc) is 3.68. The molecule has 1 atom stereocenters. The van der Waals surface area contributed by atoms with Crippen LogP contribution in [-0.2, 0) is 31.9 Å². The molecule has 1 unspecified atom stereocenters. The topological polar surface area (TPSA) is 22.6 Å². The molecular formula is C43H35N4Pt-3. The molecule has 0 amide bonds. The number of hydrogen-bond acceptors (Lipinski definition) is 4. The maximum atomic E-state index is 5.09. The fraction of sp³-hybridized carbons (Fsp3) is 0.163. The normalized spacial score (nSPS) is 19.9. The van der Waals surface area contributed by atoms with Gasteiger partial charge in [0.15, 0.2) is 0 Å². The van der Waals surface area contributed by atoms with Crippen LogP contribution in [0.1, 0.15) is 60.2 Å². The first-order valence-corrected chi connectivity index (χ1v) is 16.4. The van der Waals surface area contributed by atoms with Crippen LogP contribution in [0.5, 0.6) is 0 Å². The van der Waals surface area contributed by atoms with Gasteiger partial charge in [-0.1, -0.05) is 85.9 Å². The van der Waals surface area contributed by atoms with E-state index in [1.807, 2.05) is 30.4 Å². The van der Waals surface area contributed by atoms with Crippen molar-refractivity contribution < 1.29 is 21.1 Å². The van der Waals surface area contributed by atoms with Crippen molar-refractivity contribution in [1.29, 1.82) is 0 Å². The fourth-order valence-electron chi connectivity index (χ4n) is 8.18. The van der Waals surface area contributed by atoms with Crippen molar-refractivity contribution >= 4 is 28.3 Å². The summed E-state index contributed by atoms with van der Waals surface area (Å²) in [5, 5.41) is 0. The van der Waals surface area contributed by atoms with Gasteiger partial charge in [-0.2, -0.15) is 30.9 Å². The first-order chi connectivity index (χ1) is 23.0. The second kappa shape index (κ2) is 11.5. The van der Waals surface area contributed by atoms with Gasteiger partial charge in [-0.05, 0) is 83.7 Å². The minimum absolute atomic E-state index is 0. The molecular weight excluding hydrogens is 768 g/mol. The summed E-state index contributed by atoms with van der Waals surface area (Å²) in [6.45, 7) is 6.73. The largest absolute Gasteiger partial charge is 0.510 e. The Morgan fingerprint density at radius 1 is 0.729 bits per heavy atom. The molecule has 0 bridgehead atoms. The van der Waals surface area contributed by atoms with Crippen LogP contribution >= 0.6 is 0 Å². The number of hydrogen-bond donors (Lipinski definition) is 0. The number of nitrogens with zero attached hydrogens (tertiary/aromatic N) is 4. The van der Waals surface area contributed by atoms with E-state index in [0.717, 1.165) is 46.8 Å². The smallest absolute Gasteiger partial charge is 0.0660 e. The van der Waals surface area contributed by atoms with E-state index in [-0.39, 0.29) is 26.5 Å². The standard InChI is InChI=1S/C43H35N4.Pt/c1-42(2)37-19-8-9-20-39(37)47(32-14-12-13-31(28-32)46-26-25-45(3)29-46)40-27-30(22-23-38(40)42)43(41-21-10-11-24-44-41)35-17-6-4-15-33(35)34-16-5-7-18-36(34)43;/h4,6,8-26,29H,5,7H2,1-3H3;/q-3;. The van der Waals surface area contributed by atoms with E-state index in [2.05, 4.69) is 152 Å². The third-order valence-electron chi connectivity index (χ3n) is 10.3. The van der Waals surface area contributed by atoms with E-state index in [4.69, 9.17) is 4.98 Å². The van der Waals surface area contributed by atoms with Crippen LogP contribution in [0.25, 0.3) is 5.57 Å². The van der Waals surface area contributed by atoms with Crippen molar-refractivity contribution in [3.63, 3.8) is 0 Å². The van der Waals surface area contributed by atoms with E-state index in [1.54, 1.807) is 0 Å². The molecule has 5 aromatic rings. The van der Waals surface area contributed by atoms with E-state index in [0.29, 0.717) is 0 Å². The molecule has 5 heteroatoms. The molecule has 0 spiro atoms. The SMILES string of the molecule is CN1C=CN(c2[c-]c(N3c4[c-]c(C5(c6ccccn6)C6=CCCC=C6c6ccccc65)ccc4C(C)(C)c4ccccc43)ccc2)[CH-]1.[Pt]. The van der Waals surface area contributed by atoms with Gasteiger partial charge in [0.2, 0.25) is 0 Å². The van der Waals surface area contributed by atoms with Gasteiger partial charge in [0.25, 0.3) is 0 Å². The molecule has 3 heterocycles. The molecule has 4 aliphatic rings. The Bertz CT molecular complexity index is 2150. The van der Waals surface area contributed by atoms with Crippen molar-refractivity contribution in [1.82, 2.24) is 9.88 Å². The molecule has 48 heavy (non-hydrogen) atoms. The molecule has 0 fully saturated rings. The molecule has 4 nitrogen and oxygen atoms in total. The van der Waals surface area contributed by atoms with E-state index in [1.165, 1.54) is 33.4 Å². The first-order valence-electron chi connectivity index (χ1n) is 16.4. The number of rotatable bonds is 4. The molecule has 9 rings (SSSR count). The van der Waals surface area contributed by atoms with Gasteiger partial charge in [-0.15, -0.1) is 35.0 Å². The molecule has 240 valence electrons. The van der Waals surface area contributed by atoms with Gasteiger partial charge in [-0.3, -0.25) is 4.98 Å². The van der Waals surface area contributed by atoms with Crippen molar-refractivity contribution in [2.45, 2.75) is 37.5 Å². The zero-order chi connectivity index (χ0) is 31.8. The van der Waals surface area contributed by atoms with Crippen LogP contribution in [0.2, 0.25) is 0 Å². The summed E-state index contributed by atoms with van der Waals surface area (Å²) in [6, 6.07) is 42.9. The number of aromatic nitrogens is 1. The van der Waals surface area contributed by atoms with Crippen LogP contribution in [-0.4, -0.2) is 16.9 Å². The molecule has 0 saturated heterocycles. The first kappa shape index (κ1) is 30.7. The Balaban J connectivity index is 0.00000336. The van der Waals surface area contributed by atoms with E-state index < -0.39 is 5.41 Å². The van der Waals surface area contributed by atoms with Crippen LogP contribution in [0.15, 0.2) is 133 Å². The summed E-state index contributed by atoms with van der Waals surface area (Å²) in [4.78, 5) is 11.6. The molecule has 0 saturated carbocycles. The number of para-hydroxylation sites is 1. The minimum atomic E-state index is -0.586. The van der Waals surface area contributed by atoms with Crippen LogP contribution < -0.4 is 9.80 Å². The number of fused-ring (bicyclic) bond motifs is 5. The van der Waals surface area contributed by atoms with E-state index >= 15 is 0 Å². The Kier molecular flexibility index (Phi) is 7.34. The van der Waals surface area contributed by atoms with Crippen LogP contribution in [0.4, 0.5) is 22.7 Å². The van der Waals surface area contributed by atoms with Crippen LogP contribution in [0, 0.1) is 18.8 Å². The zero-order valence-corrected chi connectivity index (χ0v) is 29.5. The third-order valence-corrected chi connectivity index (χ3v) is 10.3. The van der Waals surface area contributed by atoms with Gasteiger partial charge in [0.1, 0.15) is 0 Å². The summed E-state index contributed by atoms with van der Waals surface area (Å²) in [7, 11) is 2.04. The van der Waals surface area contributed by atoms with Gasteiger partial charge in [-0.25, -0.2) is 0 Å². The summed E-state index contributed by atoms with van der Waals surface area (Å²) in [6.07, 6.45) is 13.0. The van der Waals surface area contributed by atoms with Crippen molar-refractivity contribution in [3.8, 4) is 0 Å². The maximum Gasteiger partial charge on any atom is 0.0660 e. The average molecular weight is 803 g/mol. The fourth-order valence-corrected chi connectivity index (χ4v) is 8.18. The Morgan fingerprint density at radius 3 is 2.31 bits per heavy atom. The summed E-state index contributed by atoms with van der Waals surface area (Å²) in [5.74, 6) is 0. The molecule has 0 radical (unpaired) electrons. The monoisotopic (exact) mass is 802 g/mol. The van der Waals surface area contributed by atoms with Crippen molar-refractivity contribution in [2.24, 2.45) is 0 Å². The number of anilines is 4. The Hall–Kier alpha value is -4.66.